The lowest BCUT2D eigenvalue weighted by molar-refractivity contribution is -0.137. The number of carbonyl (C=O) groups excluding carboxylic acids is 1. The summed E-state index contributed by atoms with van der Waals surface area (Å²) in [6, 6.07) is 7.37. The molecule has 90 valence electrons. The van der Waals surface area contributed by atoms with E-state index in [-0.39, 0.29) is 18.6 Å². The van der Waals surface area contributed by atoms with Gasteiger partial charge in [0.1, 0.15) is 0 Å². The van der Waals surface area contributed by atoms with Crippen LogP contribution in [-0.2, 0) is 11.2 Å². The molecule has 0 bridgehead atoms. The second kappa shape index (κ2) is 6.63. The Balaban J connectivity index is 2.67. The van der Waals surface area contributed by atoms with Gasteiger partial charge < -0.3 is 5.11 Å². The van der Waals surface area contributed by atoms with Gasteiger partial charge in [-0.15, -0.1) is 6.58 Å². The molecule has 1 aromatic rings. The number of benzene rings is 1. The number of Topliss-reactive ketones (excluding diaryl/α,β-unsaturated/α-hetero) is 1. The summed E-state index contributed by atoms with van der Waals surface area (Å²) in [5, 5.41) is 8.51. The van der Waals surface area contributed by atoms with E-state index in [1.165, 1.54) is 0 Å². The van der Waals surface area contributed by atoms with E-state index in [1.54, 1.807) is 12.1 Å². The second-order valence-corrected chi connectivity index (χ2v) is 3.82. The molecule has 1 N–H and O–H groups in total. The summed E-state index contributed by atoms with van der Waals surface area (Å²) in [7, 11) is 0. The van der Waals surface area contributed by atoms with Gasteiger partial charge in [0.15, 0.2) is 5.78 Å². The Kier molecular flexibility index (Phi) is 5.14. The molecule has 0 aromatic heterocycles. The maximum Gasteiger partial charge on any atom is 0.303 e. The zero-order chi connectivity index (χ0) is 12.7. The summed E-state index contributed by atoms with van der Waals surface area (Å²) in [6.45, 7) is 3.65. The molecular formula is C14H16O3. The Bertz CT molecular complexity index is 421. The van der Waals surface area contributed by atoms with Gasteiger partial charge in [-0.25, -0.2) is 0 Å². The number of ketones is 1. The Labute approximate surface area is 101 Å². The molecule has 1 aromatic carbocycles. The Hall–Kier alpha value is -1.90. The lowest BCUT2D eigenvalue weighted by Crippen LogP contribution is -2.04. The number of carbonyl (C=O) groups is 2. The highest BCUT2D eigenvalue weighted by molar-refractivity contribution is 5.97. The molecule has 0 heterocycles. The lowest BCUT2D eigenvalue weighted by Gasteiger charge is -2.06. The first kappa shape index (κ1) is 13.2. The van der Waals surface area contributed by atoms with Gasteiger partial charge in [-0.05, 0) is 18.4 Å². The van der Waals surface area contributed by atoms with E-state index >= 15 is 0 Å². The van der Waals surface area contributed by atoms with Gasteiger partial charge >= 0.3 is 5.97 Å². The second-order valence-electron chi connectivity index (χ2n) is 3.82. The zero-order valence-electron chi connectivity index (χ0n) is 9.69. The van der Waals surface area contributed by atoms with Gasteiger partial charge in [0.05, 0.1) is 0 Å². The first-order chi connectivity index (χ1) is 8.15. The van der Waals surface area contributed by atoms with E-state index in [9.17, 15) is 9.59 Å². The summed E-state index contributed by atoms with van der Waals surface area (Å²) >= 11 is 0. The fraction of sp³-hybridized carbons (Fsp3) is 0.286. The van der Waals surface area contributed by atoms with Gasteiger partial charge in [0.25, 0.3) is 0 Å². The number of hydrogen-bond acceptors (Lipinski definition) is 2. The van der Waals surface area contributed by atoms with Crippen molar-refractivity contribution in [3.05, 3.63) is 48.0 Å². The summed E-state index contributed by atoms with van der Waals surface area (Å²) in [5.41, 5.74) is 1.63. The molecule has 0 atom stereocenters. The van der Waals surface area contributed by atoms with E-state index in [0.717, 1.165) is 5.56 Å². The predicted molar refractivity (Wildman–Crippen MR) is 66.2 cm³/mol. The molecule has 0 amide bonds. The van der Waals surface area contributed by atoms with Crippen molar-refractivity contribution >= 4 is 11.8 Å². The molecule has 0 saturated heterocycles. The molecule has 0 aliphatic carbocycles. The van der Waals surface area contributed by atoms with Crippen LogP contribution in [0.25, 0.3) is 0 Å². The third-order valence-corrected chi connectivity index (χ3v) is 2.48. The molecule has 0 radical (unpaired) electrons. The van der Waals surface area contributed by atoms with E-state index in [1.807, 2.05) is 18.2 Å². The number of hydrogen-bond donors (Lipinski definition) is 1. The topological polar surface area (TPSA) is 54.4 Å². The van der Waals surface area contributed by atoms with E-state index in [0.29, 0.717) is 18.4 Å². The van der Waals surface area contributed by atoms with Gasteiger partial charge in [0, 0.05) is 18.4 Å². The Morgan fingerprint density at radius 1 is 1.24 bits per heavy atom. The van der Waals surface area contributed by atoms with Crippen molar-refractivity contribution in [2.75, 3.05) is 0 Å². The van der Waals surface area contributed by atoms with Crippen LogP contribution in [0.1, 0.15) is 35.2 Å². The highest BCUT2D eigenvalue weighted by Gasteiger charge is 2.10. The molecule has 0 aliphatic rings. The normalized spacial score (nSPS) is 9.88. The van der Waals surface area contributed by atoms with Crippen molar-refractivity contribution in [3.8, 4) is 0 Å². The van der Waals surface area contributed by atoms with Crippen molar-refractivity contribution in [1.29, 1.82) is 0 Å². The van der Waals surface area contributed by atoms with Crippen LogP contribution < -0.4 is 0 Å². The van der Waals surface area contributed by atoms with Gasteiger partial charge in [0.2, 0.25) is 0 Å². The molecule has 0 unspecified atom stereocenters. The van der Waals surface area contributed by atoms with Crippen LogP contribution in [-0.4, -0.2) is 16.9 Å². The lowest BCUT2D eigenvalue weighted by atomic mass is 9.98. The Morgan fingerprint density at radius 3 is 2.59 bits per heavy atom. The minimum absolute atomic E-state index is 0.00343. The third kappa shape index (κ3) is 4.23. The number of carboxylic acids is 1. The zero-order valence-corrected chi connectivity index (χ0v) is 9.69. The van der Waals surface area contributed by atoms with Crippen LogP contribution in [0.2, 0.25) is 0 Å². The predicted octanol–water partition coefficient (Wildman–Crippen LogP) is 2.85. The number of rotatable bonds is 7. The molecule has 1 rings (SSSR count). The molecule has 0 fully saturated rings. The van der Waals surface area contributed by atoms with Crippen molar-refractivity contribution < 1.29 is 14.7 Å². The molecule has 0 aliphatic heterocycles. The molecule has 0 spiro atoms. The standard InChI is InChI=1S/C14H16O3/c1-2-6-11-7-3-4-8-12(11)13(15)9-5-10-14(16)17/h2-4,7-8H,1,5-6,9-10H2,(H,16,17). The average Bonchev–Trinajstić information content (AvgIpc) is 2.29. The van der Waals surface area contributed by atoms with E-state index in [2.05, 4.69) is 6.58 Å². The minimum Gasteiger partial charge on any atom is -0.481 e. The smallest absolute Gasteiger partial charge is 0.303 e. The highest BCUT2D eigenvalue weighted by Crippen LogP contribution is 2.14. The number of allylic oxidation sites excluding steroid dienone is 1. The number of carboxylic acid groups (broad SMARTS) is 1. The maximum atomic E-state index is 11.9. The van der Waals surface area contributed by atoms with Gasteiger partial charge in [-0.3, -0.25) is 9.59 Å². The molecular weight excluding hydrogens is 216 g/mol. The van der Waals surface area contributed by atoms with Crippen molar-refractivity contribution in [1.82, 2.24) is 0 Å². The average molecular weight is 232 g/mol. The molecule has 3 nitrogen and oxygen atoms in total. The van der Waals surface area contributed by atoms with Crippen molar-refractivity contribution in [2.45, 2.75) is 25.7 Å². The first-order valence-corrected chi connectivity index (χ1v) is 5.59. The fourth-order valence-corrected chi connectivity index (χ4v) is 1.66. The summed E-state index contributed by atoms with van der Waals surface area (Å²) < 4.78 is 0. The van der Waals surface area contributed by atoms with Crippen LogP contribution in [0.3, 0.4) is 0 Å². The monoisotopic (exact) mass is 232 g/mol. The van der Waals surface area contributed by atoms with Crippen LogP contribution in [0, 0.1) is 0 Å². The van der Waals surface area contributed by atoms with Gasteiger partial charge in [-0.1, -0.05) is 30.3 Å². The van der Waals surface area contributed by atoms with Gasteiger partial charge in [-0.2, -0.15) is 0 Å². The summed E-state index contributed by atoms with van der Waals surface area (Å²) in [6.07, 6.45) is 3.11. The van der Waals surface area contributed by atoms with E-state index in [4.69, 9.17) is 5.11 Å². The SMILES string of the molecule is C=CCc1ccccc1C(=O)CCCC(=O)O. The van der Waals surface area contributed by atoms with Crippen LogP contribution >= 0.6 is 0 Å². The fourth-order valence-electron chi connectivity index (χ4n) is 1.66. The van der Waals surface area contributed by atoms with Crippen molar-refractivity contribution in [2.24, 2.45) is 0 Å². The van der Waals surface area contributed by atoms with E-state index < -0.39 is 5.97 Å². The van der Waals surface area contributed by atoms with Crippen LogP contribution in [0.5, 0.6) is 0 Å². The minimum atomic E-state index is -0.864. The maximum absolute atomic E-state index is 11.9. The summed E-state index contributed by atoms with van der Waals surface area (Å²) in [4.78, 5) is 22.3. The molecule has 3 heteroatoms. The quantitative estimate of drug-likeness (QED) is 0.581. The molecule has 17 heavy (non-hydrogen) atoms. The Morgan fingerprint density at radius 2 is 1.94 bits per heavy atom. The first-order valence-electron chi connectivity index (χ1n) is 5.59. The van der Waals surface area contributed by atoms with Crippen LogP contribution in [0.15, 0.2) is 36.9 Å². The molecule has 0 saturated carbocycles. The van der Waals surface area contributed by atoms with Crippen molar-refractivity contribution in [3.63, 3.8) is 0 Å². The number of aliphatic carboxylic acids is 1. The van der Waals surface area contributed by atoms with Crippen LogP contribution in [0.4, 0.5) is 0 Å². The highest BCUT2D eigenvalue weighted by atomic mass is 16.4. The third-order valence-electron chi connectivity index (χ3n) is 2.48. The largest absolute Gasteiger partial charge is 0.481 e. The summed E-state index contributed by atoms with van der Waals surface area (Å²) in [5.74, 6) is -0.860.